The highest BCUT2D eigenvalue weighted by molar-refractivity contribution is 6.47. The minimum absolute atomic E-state index is 0.479. The van der Waals surface area contributed by atoms with Gasteiger partial charge in [0.1, 0.15) is 0 Å². The van der Waals surface area contributed by atoms with Crippen LogP contribution in [0.1, 0.15) is 38.8 Å². The fourth-order valence-electron chi connectivity index (χ4n) is 2.34. The largest absolute Gasteiger partial charge is 0.465 e. The van der Waals surface area contributed by atoms with Gasteiger partial charge in [0.05, 0.1) is 5.60 Å². The third kappa shape index (κ3) is 3.55. The molecule has 0 aliphatic heterocycles. The summed E-state index contributed by atoms with van der Waals surface area (Å²) in [5.41, 5.74) is 1.56. The Labute approximate surface area is 127 Å². The zero-order chi connectivity index (χ0) is 15.5. The van der Waals surface area contributed by atoms with Crippen LogP contribution in [-0.4, -0.2) is 12.1 Å². The van der Waals surface area contributed by atoms with Crippen LogP contribution in [0, 0.1) is 0 Å². The highest BCUT2D eigenvalue weighted by atomic mass is 16.5. The molecule has 0 saturated heterocycles. The lowest BCUT2D eigenvalue weighted by atomic mass is 9.56. The first-order valence-electron chi connectivity index (χ1n) is 7.31. The number of hydrogen-bond donors (Lipinski definition) is 1. The van der Waals surface area contributed by atoms with Crippen molar-refractivity contribution in [3.8, 4) is 0 Å². The summed E-state index contributed by atoms with van der Waals surface area (Å²) in [7, 11) is -0.893. The van der Waals surface area contributed by atoms with Crippen LogP contribution in [0.15, 0.2) is 60.7 Å². The van der Waals surface area contributed by atoms with E-state index in [2.05, 4.69) is 0 Å². The smallest absolute Gasteiger partial charge is 0.426 e. The van der Waals surface area contributed by atoms with Gasteiger partial charge in [-0.15, -0.1) is 0 Å². The van der Waals surface area contributed by atoms with E-state index in [4.69, 9.17) is 4.65 Å². The molecule has 2 aromatic carbocycles. The second-order valence-corrected chi connectivity index (χ2v) is 6.43. The Bertz CT molecular complexity index is 564. The molecule has 0 saturated carbocycles. The molecule has 0 fully saturated rings. The Hall–Kier alpha value is -1.58. The molecule has 110 valence electrons. The van der Waals surface area contributed by atoms with Crippen LogP contribution in [0.2, 0.25) is 0 Å². The summed E-state index contributed by atoms with van der Waals surface area (Å²) in [6, 6.07) is 19.9. The fourth-order valence-corrected chi connectivity index (χ4v) is 2.34. The second kappa shape index (κ2) is 6.04. The minimum atomic E-state index is -0.893. The van der Waals surface area contributed by atoms with Gasteiger partial charge in [-0.2, -0.15) is 0 Å². The van der Waals surface area contributed by atoms with E-state index in [9.17, 15) is 5.02 Å². The fraction of sp³-hybridized carbons (Fsp3) is 0.333. The monoisotopic (exact) mass is 282 g/mol. The van der Waals surface area contributed by atoms with E-state index < -0.39 is 18.0 Å². The molecular weight excluding hydrogens is 259 g/mol. The van der Waals surface area contributed by atoms with E-state index in [1.807, 2.05) is 88.4 Å². The topological polar surface area (TPSA) is 29.5 Å². The molecule has 0 aliphatic carbocycles. The first kappa shape index (κ1) is 15.8. The highest BCUT2D eigenvalue weighted by Crippen LogP contribution is 2.31. The standard InChI is InChI=1S/C18H23BO2/c1-17(2,15-11-7-5-8-12-15)19(20)21-18(3,4)16-13-9-6-10-14-16/h5-14,20H,1-4H3. The van der Waals surface area contributed by atoms with Crippen molar-refractivity contribution >= 4 is 7.12 Å². The lowest BCUT2D eigenvalue weighted by Crippen LogP contribution is -2.45. The first-order chi connectivity index (χ1) is 9.84. The van der Waals surface area contributed by atoms with Crippen LogP contribution in [-0.2, 0) is 15.6 Å². The van der Waals surface area contributed by atoms with Gasteiger partial charge >= 0.3 is 7.12 Å². The van der Waals surface area contributed by atoms with Crippen molar-refractivity contribution in [2.45, 2.75) is 38.6 Å². The molecule has 0 aromatic heterocycles. The third-order valence-corrected chi connectivity index (χ3v) is 4.01. The van der Waals surface area contributed by atoms with Crippen LogP contribution < -0.4 is 0 Å². The SMILES string of the molecule is CC(C)(OB(O)C(C)(C)c1ccccc1)c1ccccc1. The maximum Gasteiger partial charge on any atom is 0.465 e. The molecule has 21 heavy (non-hydrogen) atoms. The molecule has 0 radical (unpaired) electrons. The van der Waals surface area contributed by atoms with Gasteiger partial charge in [0.15, 0.2) is 0 Å². The summed E-state index contributed by atoms with van der Waals surface area (Å²) in [6.45, 7) is 7.95. The van der Waals surface area contributed by atoms with Crippen LogP contribution in [0.25, 0.3) is 0 Å². The zero-order valence-electron chi connectivity index (χ0n) is 13.2. The molecule has 2 aromatic rings. The van der Waals surface area contributed by atoms with Crippen LogP contribution in [0.5, 0.6) is 0 Å². The first-order valence-corrected chi connectivity index (χ1v) is 7.31. The third-order valence-electron chi connectivity index (χ3n) is 4.01. The van der Waals surface area contributed by atoms with Crippen molar-refractivity contribution in [1.29, 1.82) is 0 Å². The molecule has 0 unspecified atom stereocenters. The summed E-state index contributed by atoms with van der Waals surface area (Å²) < 4.78 is 6.00. The molecule has 0 bridgehead atoms. The molecule has 0 spiro atoms. The van der Waals surface area contributed by atoms with Gasteiger partial charge in [-0.05, 0) is 25.0 Å². The van der Waals surface area contributed by atoms with Crippen molar-refractivity contribution in [2.75, 3.05) is 0 Å². The Morgan fingerprint density at radius 3 is 1.67 bits per heavy atom. The second-order valence-electron chi connectivity index (χ2n) is 6.43. The molecule has 0 aliphatic rings. The van der Waals surface area contributed by atoms with Gasteiger partial charge in [0, 0.05) is 5.31 Å². The van der Waals surface area contributed by atoms with Crippen molar-refractivity contribution in [2.24, 2.45) is 0 Å². The highest BCUT2D eigenvalue weighted by Gasteiger charge is 2.40. The van der Waals surface area contributed by atoms with Crippen LogP contribution in [0.4, 0.5) is 0 Å². The summed E-state index contributed by atoms with van der Waals surface area (Å²) >= 11 is 0. The maximum atomic E-state index is 10.6. The Balaban J connectivity index is 2.19. The van der Waals surface area contributed by atoms with E-state index in [1.165, 1.54) is 0 Å². The van der Waals surface area contributed by atoms with Crippen molar-refractivity contribution in [1.82, 2.24) is 0 Å². The number of benzene rings is 2. The van der Waals surface area contributed by atoms with E-state index in [0.717, 1.165) is 11.1 Å². The summed E-state index contributed by atoms with van der Waals surface area (Å²) in [6.07, 6.45) is 0. The van der Waals surface area contributed by atoms with Gasteiger partial charge in [-0.25, -0.2) is 0 Å². The summed E-state index contributed by atoms with van der Waals surface area (Å²) in [4.78, 5) is 0. The predicted octanol–water partition coefficient (Wildman–Crippen LogP) is 3.94. The quantitative estimate of drug-likeness (QED) is 0.842. The Kier molecular flexibility index (Phi) is 4.55. The van der Waals surface area contributed by atoms with Gasteiger partial charge < -0.3 is 9.68 Å². The maximum absolute atomic E-state index is 10.6. The summed E-state index contributed by atoms with van der Waals surface area (Å²) in [5.74, 6) is 0. The average molecular weight is 282 g/mol. The van der Waals surface area contributed by atoms with E-state index in [0.29, 0.717) is 0 Å². The molecule has 0 amide bonds. The minimum Gasteiger partial charge on any atom is -0.426 e. The molecule has 2 nitrogen and oxygen atoms in total. The van der Waals surface area contributed by atoms with Crippen molar-refractivity contribution < 1.29 is 9.68 Å². The van der Waals surface area contributed by atoms with Gasteiger partial charge in [0.2, 0.25) is 0 Å². The molecule has 0 atom stereocenters. The molecule has 0 heterocycles. The molecule has 2 rings (SSSR count). The number of hydrogen-bond acceptors (Lipinski definition) is 2. The van der Waals surface area contributed by atoms with Crippen molar-refractivity contribution in [3.63, 3.8) is 0 Å². The lowest BCUT2D eigenvalue weighted by Gasteiger charge is -2.34. The Morgan fingerprint density at radius 1 is 0.762 bits per heavy atom. The molecule has 3 heteroatoms. The summed E-state index contributed by atoms with van der Waals surface area (Å²) in [5, 5.41) is 10.1. The zero-order valence-corrected chi connectivity index (χ0v) is 13.2. The number of rotatable bonds is 5. The van der Waals surface area contributed by atoms with Crippen LogP contribution in [0.3, 0.4) is 0 Å². The van der Waals surface area contributed by atoms with E-state index >= 15 is 0 Å². The predicted molar refractivity (Wildman–Crippen MR) is 88.0 cm³/mol. The van der Waals surface area contributed by atoms with E-state index in [-0.39, 0.29) is 0 Å². The van der Waals surface area contributed by atoms with E-state index in [1.54, 1.807) is 0 Å². The van der Waals surface area contributed by atoms with Gasteiger partial charge in [-0.3, -0.25) is 0 Å². The van der Waals surface area contributed by atoms with Gasteiger partial charge in [0.25, 0.3) is 0 Å². The Morgan fingerprint density at radius 2 is 1.19 bits per heavy atom. The molecular formula is C18H23BO2. The van der Waals surface area contributed by atoms with Crippen molar-refractivity contribution in [3.05, 3.63) is 71.8 Å². The van der Waals surface area contributed by atoms with Crippen LogP contribution >= 0.6 is 0 Å². The molecule has 1 N–H and O–H groups in total. The average Bonchev–Trinajstić information content (AvgIpc) is 2.48. The van der Waals surface area contributed by atoms with Gasteiger partial charge in [-0.1, -0.05) is 74.5 Å². The lowest BCUT2D eigenvalue weighted by molar-refractivity contribution is 0.0706. The normalized spacial score (nSPS) is 12.2.